The van der Waals surface area contributed by atoms with Gasteiger partial charge < -0.3 is 9.84 Å². The van der Waals surface area contributed by atoms with Gasteiger partial charge in [0.1, 0.15) is 0 Å². The lowest BCUT2D eigenvalue weighted by molar-refractivity contribution is 0.00949. The van der Waals surface area contributed by atoms with Gasteiger partial charge in [0.2, 0.25) is 0 Å². The van der Waals surface area contributed by atoms with Crippen molar-refractivity contribution in [2.75, 3.05) is 7.11 Å². The molecule has 0 spiro atoms. The Kier molecular flexibility index (Phi) is 2.93. The van der Waals surface area contributed by atoms with Crippen LogP contribution in [-0.2, 0) is 4.74 Å². The molecule has 0 heterocycles. The van der Waals surface area contributed by atoms with Gasteiger partial charge in [-0.05, 0) is 31.3 Å². The monoisotopic (exact) mass is 196 g/mol. The Morgan fingerprint density at radius 1 is 1.36 bits per heavy atom. The Morgan fingerprint density at radius 2 is 2.07 bits per heavy atom. The van der Waals surface area contributed by atoms with E-state index < -0.39 is 5.60 Å². The van der Waals surface area contributed by atoms with Crippen LogP contribution in [0.4, 0.5) is 0 Å². The zero-order valence-electron chi connectivity index (χ0n) is 8.96. The van der Waals surface area contributed by atoms with Gasteiger partial charge in [-0.3, -0.25) is 0 Å². The molecule has 0 aromatic rings. The van der Waals surface area contributed by atoms with Crippen molar-refractivity contribution in [1.29, 1.82) is 0 Å². The van der Waals surface area contributed by atoms with Crippen LogP contribution in [0.25, 0.3) is 0 Å². The van der Waals surface area contributed by atoms with Gasteiger partial charge >= 0.3 is 0 Å². The highest BCUT2D eigenvalue weighted by Crippen LogP contribution is 2.40. The first-order valence-electron chi connectivity index (χ1n) is 5.72. The SMILES string of the molecule is COC1CCC=C1C1(O)CCCCC1. The summed E-state index contributed by atoms with van der Waals surface area (Å²) in [5.74, 6) is 0. The molecule has 0 radical (unpaired) electrons. The summed E-state index contributed by atoms with van der Waals surface area (Å²) in [6.45, 7) is 0. The van der Waals surface area contributed by atoms with Crippen molar-refractivity contribution in [3.05, 3.63) is 11.6 Å². The van der Waals surface area contributed by atoms with E-state index in [2.05, 4.69) is 6.08 Å². The number of rotatable bonds is 2. The number of methoxy groups -OCH3 is 1. The number of hydrogen-bond acceptors (Lipinski definition) is 2. The summed E-state index contributed by atoms with van der Waals surface area (Å²) in [5, 5.41) is 10.5. The third kappa shape index (κ3) is 1.73. The fourth-order valence-corrected chi connectivity index (χ4v) is 2.84. The highest BCUT2D eigenvalue weighted by molar-refractivity contribution is 5.26. The van der Waals surface area contributed by atoms with Crippen LogP contribution in [0.1, 0.15) is 44.9 Å². The van der Waals surface area contributed by atoms with E-state index in [-0.39, 0.29) is 6.10 Å². The average molecular weight is 196 g/mol. The molecule has 0 amide bonds. The second-order valence-corrected chi connectivity index (χ2v) is 4.55. The molecule has 0 saturated heterocycles. The molecule has 0 aromatic heterocycles. The smallest absolute Gasteiger partial charge is 0.0881 e. The van der Waals surface area contributed by atoms with Crippen molar-refractivity contribution in [3.8, 4) is 0 Å². The maximum Gasteiger partial charge on any atom is 0.0881 e. The Labute approximate surface area is 86.0 Å². The molecule has 0 bridgehead atoms. The summed E-state index contributed by atoms with van der Waals surface area (Å²) in [6, 6.07) is 0. The van der Waals surface area contributed by atoms with Crippen molar-refractivity contribution in [2.24, 2.45) is 0 Å². The van der Waals surface area contributed by atoms with E-state index >= 15 is 0 Å². The minimum Gasteiger partial charge on any atom is -0.385 e. The third-order valence-corrected chi connectivity index (χ3v) is 3.64. The summed E-state index contributed by atoms with van der Waals surface area (Å²) < 4.78 is 5.41. The molecule has 0 aliphatic heterocycles. The summed E-state index contributed by atoms with van der Waals surface area (Å²) >= 11 is 0. The van der Waals surface area contributed by atoms with Crippen LogP contribution in [0.3, 0.4) is 0 Å². The van der Waals surface area contributed by atoms with Crippen molar-refractivity contribution in [3.63, 3.8) is 0 Å². The second kappa shape index (κ2) is 4.03. The maximum absolute atomic E-state index is 10.5. The van der Waals surface area contributed by atoms with Crippen LogP contribution in [0.15, 0.2) is 11.6 Å². The third-order valence-electron chi connectivity index (χ3n) is 3.64. The summed E-state index contributed by atoms with van der Waals surface area (Å²) in [6.07, 6.45) is 9.93. The number of ether oxygens (including phenoxy) is 1. The normalized spacial score (nSPS) is 31.6. The van der Waals surface area contributed by atoms with Crippen molar-refractivity contribution in [1.82, 2.24) is 0 Å². The van der Waals surface area contributed by atoms with Gasteiger partial charge in [0.05, 0.1) is 11.7 Å². The van der Waals surface area contributed by atoms with Crippen LogP contribution in [0, 0.1) is 0 Å². The number of aliphatic hydroxyl groups is 1. The Balaban J connectivity index is 2.11. The van der Waals surface area contributed by atoms with Crippen LogP contribution in [-0.4, -0.2) is 23.9 Å². The summed E-state index contributed by atoms with van der Waals surface area (Å²) in [5.41, 5.74) is 0.634. The van der Waals surface area contributed by atoms with Gasteiger partial charge in [-0.25, -0.2) is 0 Å². The van der Waals surface area contributed by atoms with E-state index in [0.717, 1.165) is 38.5 Å². The Bertz CT molecular complexity index is 226. The molecular weight excluding hydrogens is 176 g/mol. The summed E-state index contributed by atoms with van der Waals surface area (Å²) in [4.78, 5) is 0. The van der Waals surface area contributed by atoms with Gasteiger partial charge in [0.15, 0.2) is 0 Å². The Morgan fingerprint density at radius 3 is 2.71 bits per heavy atom. The zero-order valence-corrected chi connectivity index (χ0v) is 8.96. The lowest BCUT2D eigenvalue weighted by atomic mass is 9.78. The van der Waals surface area contributed by atoms with Crippen molar-refractivity contribution < 1.29 is 9.84 Å². The van der Waals surface area contributed by atoms with Crippen LogP contribution < -0.4 is 0 Å². The first-order chi connectivity index (χ1) is 6.76. The van der Waals surface area contributed by atoms with Gasteiger partial charge in [0.25, 0.3) is 0 Å². The molecule has 2 nitrogen and oxygen atoms in total. The average Bonchev–Trinajstić information content (AvgIpc) is 2.67. The fourth-order valence-electron chi connectivity index (χ4n) is 2.84. The first-order valence-corrected chi connectivity index (χ1v) is 5.72. The van der Waals surface area contributed by atoms with E-state index in [0.29, 0.717) is 0 Å². The number of allylic oxidation sites excluding steroid dienone is 1. The molecule has 0 aromatic carbocycles. The molecule has 1 atom stereocenters. The van der Waals surface area contributed by atoms with Crippen LogP contribution in [0.5, 0.6) is 0 Å². The predicted molar refractivity (Wildman–Crippen MR) is 56.1 cm³/mol. The molecule has 14 heavy (non-hydrogen) atoms. The first kappa shape index (κ1) is 10.2. The molecule has 2 heteroatoms. The minimum absolute atomic E-state index is 0.179. The van der Waals surface area contributed by atoms with E-state index in [9.17, 15) is 5.11 Å². The predicted octanol–water partition coefficient (Wildman–Crippen LogP) is 2.42. The molecule has 1 saturated carbocycles. The molecule has 2 rings (SSSR count). The molecule has 1 fully saturated rings. The van der Waals surface area contributed by atoms with E-state index in [4.69, 9.17) is 4.74 Å². The van der Waals surface area contributed by atoms with Gasteiger partial charge in [-0.2, -0.15) is 0 Å². The van der Waals surface area contributed by atoms with Gasteiger partial charge in [-0.15, -0.1) is 0 Å². The van der Waals surface area contributed by atoms with E-state index in [1.54, 1.807) is 7.11 Å². The fraction of sp³-hybridized carbons (Fsp3) is 0.833. The molecule has 1 N–H and O–H groups in total. The van der Waals surface area contributed by atoms with Gasteiger partial charge in [-0.1, -0.05) is 25.3 Å². The molecule has 2 aliphatic carbocycles. The van der Waals surface area contributed by atoms with Crippen molar-refractivity contribution >= 4 is 0 Å². The standard InChI is InChI=1S/C12H20O2/c1-14-11-7-5-6-10(11)12(13)8-3-2-4-9-12/h6,11,13H,2-5,7-9H2,1H3. The highest BCUT2D eigenvalue weighted by atomic mass is 16.5. The molecular formula is C12H20O2. The Hall–Kier alpha value is -0.340. The van der Waals surface area contributed by atoms with Crippen LogP contribution >= 0.6 is 0 Å². The number of hydrogen-bond donors (Lipinski definition) is 1. The molecule has 80 valence electrons. The van der Waals surface area contributed by atoms with E-state index in [1.165, 1.54) is 12.0 Å². The molecule has 2 aliphatic rings. The topological polar surface area (TPSA) is 29.5 Å². The highest BCUT2D eigenvalue weighted by Gasteiger charge is 2.38. The second-order valence-electron chi connectivity index (χ2n) is 4.55. The van der Waals surface area contributed by atoms with Crippen LogP contribution in [0.2, 0.25) is 0 Å². The lowest BCUT2D eigenvalue weighted by Crippen LogP contribution is -2.37. The van der Waals surface area contributed by atoms with Gasteiger partial charge in [0, 0.05) is 7.11 Å². The van der Waals surface area contributed by atoms with Crippen molar-refractivity contribution in [2.45, 2.75) is 56.7 Å². The molecule has 1 unspecified atom stereocenters. The largest absolute Gasteiger partial charge is 0.385 e. The maximum atomic E-state index is 10.5. The summed E-state index contributed by atoms with van der Waals surface area (Å²) in [7, 11) is 1.75. The quantitative estimate of drug-likeness (QED) is 0.687. The minimum atomic E-state index is -0.532. The van der Waals surface area contributed by atoms with E-state index in [1.807, 2.05) is 0 Å². The lowest BCUT2D eigenvalue weighted by Gasteiger charge is -2.35. The zero-order chi connectivity index (χ0) is 10.0.